The van der Waals surface area contributed by atoms with Crippen LogP contribution in [-0.4, -0.2) is 67.6 Å². The molecule has 2 unspecified atom stereocenters. The smallest absolute Gasteiger partial charge is 0.236 e. The third-order valence-corrected chi connectivity index (χ3v) is 5.27. The van der Waals surface area contributed by atoms with Gasteiger partial charge in [-0.15, -0.1) is 0 Å². The van der Waals surface area contributed by atoms with Gasteiger partial charge in [0.05, 0.1) is 24.7 Å². The highest BCUT2D eigenvalue weighted by molar-refractivity contribution is 7.91. The molecule has 0 saturated carbocycles. The lowest BCUT2D eigenvalue weighted by molar-refractivity contribution is -0.132. The lowest BCUT2D eigenvalue weighted by Gasteiger charge is -2.28. The van der Waals surface area contributed by atoms with Crippen LogP contribution < -0.4 is 5.32 Å². The van der Waals surface area contributed by atoms with Gasteiger partial charge < -0.3 is 15.3 Å². The predicted octanol–water partition coefficient (Wildman–Crippen LogP) is -0.617. The zero-order chi connectivity index (χ0) is 14.5. The van der Waals surface area contributed by atoms with Crippen LogP contribution in [0.3, 0.4) is 0 Å². The predicted molar refractivity (Wildman–Crippen MR) is 73.6 cm³/mol. The minimum atomic E-state index is -3.02. The minimum Gasteiger partial charge on any atom is -0.395 e. The van der Waals surface area contributed by atoms with Gasteiger partial charge in [-0.25, -0.2) is 8.42 Å². The van der Waals surface area contributed by atoms with Gasteiger partial charge in [-0.1, -0.05) is 6.92 Å². The SMILES string of the molecule is CCC(C)NCC(=O)N(CCO)C1CCS(=O)(=O)C1. The number of carbonyl (C=O) groups is 1. The Morgan fingerprint density at radius 3 is 2.68 bits per heavy atom. The number of sulfone groups is 1. The van der Waals surface area contributed by atoms with Crippen LogP contribution in [0, 0.1) is 0 Å². The second-order valence-electron chi connectivity index (χ2n) is 5.06. The fraction of sp³-hybridized carbons (Fsp3) is 0.917. The van der Waals surface area contributed by atoms with E-state index in [0.717, 1.165) is 6.42 Å². The zero-order valence-electron chi connectivity index (χ0n) is 11.6. The molecule has 2 atom stereocenters. The average molecular weight is 292 g/mol. The van der Waals surface area contributed by atoms with Crippen LogP contribution in [0.2, 0.25) is 0 Å². The van der Waals surface area contributed by atoms with E-state index in [1.54, 1.807) is 0 Å². The molecule has 1 aliphatic rings. The van der Waals surface area contributed by atoms with Gasteiger partial charge in [-0.05, 0) is 19.8 Å². The molecule has 0 spiro atoms. The molecule has 1 saturated heterocycles. The molecule has 0 aliphatic carbocycles. The summed E-state index contributed by atoms with van der Waals surface area (Å²) in [6, 6.07) is -0.0457. The Hall–Kier alpha value is -0.660. The second kappa shape index (κ2) is 7.21. The van der Waals surface area contributed by atoms with Crippen molar-refractivity contribution < 1.29 is 18.3 Å². The number of carbonyl (C=O) groups excluding carboxylic acids is 1. The summed E-state index contributed by atoms with van der Waals surface area (Å²) < 4.78 is 22.9. The Morgan fingerprint density at radius 1 is 1.53 bits per heavy atom. The van der Waals surface area contributed by atoms with Crippen molar-refractivity contribution in [1.29, 1.82) is 0 Å². The molecule has 0 radical (unpaired) electrons. The number of amides is 1. The van der Waals surface area contributed by atoms with E-state index in [1.165, 1.54) is 4.90 Å². The third-order valence-electron chi connectivity index (χ3n) is 3.52. The Labute approximate surface area is 115 Å². The molecule has 19 heavy (non-hydrogen) atoms. The summed E-state index contributed by atoms with van der Waals surface area (Å²) in [5, 5.41) is 12.1. The summed E-state index contributed by atoms with van der Waals surface area (Å²) in [4.78, 5) is 13.6. The highest BCUT2D eigenvalue weighted by atomic mass is 32.2. The van der Waals surface area contributed by atoms with Crippen molar-refractivity contribution in [2.45, 2.75) is 38.8 Å². The fourth-order valence-electron chi connectivity index (χ4n) is 2.15. The molecule has 1 amide bonds. The molecule has 6 nitrogen and oxygen atoms in total. The maximum absolute atomic E-state index is 12.1. The van der Waals surface area contributed by atoms with Crippen LogP contribution in [0.4, 0.5) is 0 Å². The number of aliphatic hydroxyl groups excluding tert-OH is 1. The van der Waals surface area contributed by atoms with E-state index in [2.05, 4.69) is 5.32 Å². The molecule has 1 heterocycles. The maximum Gasteiger partial charge on any atom is 0.236 e. The topological polar surface area (TPSA) is 86.7 Å². The summed E-state index contributed by atoms with van der Waals surface area (Å²) >= 11 is 0. The van der Waals surface area contributed by atoms with Crippen LogP contribution in [-0.2, 0) is 14.6 Å². The van der Waals surface area contributed by atoms with Crippen LogP contribution in [0.5, 0.6) is 0 Å². The fourth-order valence-corrected chi connectivity index (χ4v) is 3.88. The van der Waals surface area contributed by atoms with Crippen molar-refractivity contribution in [3.63, 3.8) is 0 Å². The summed E-state index contributed by atoms with van der Waals surface area (Å²) in [5.41, 5.74) is 0. The van der Waals surface area contributed by atoms with E-state index < -0.39 is 9.84 Å². The number of aliphatic hydroxyl groups is 1. The summed E-state index contributed by atoms with van der Waals surface area (Å²) in [7, 11) is -3.02. The van der Waals surface area contributed by atoms with Crippen molar-refractivity contribution in [2.24, 2.45) is 0 Å². The highest BCUT2D eigenvalue weighted by Gasteiger charge is 2.34. The largest absolute Gasteiger partial charge is 0.395 e. The quantitative estimate of drug-likeness (QED) is 0.653. The third kappa shape index (κ3) is 5.08. The van der Waals surface area contributed by atoms with E-state index in [9.17, 15) is 13.2 Å². The Balaban J connectivity index is 2.59. The first-order chi connectivity index (χ1) is 8.89. The summed E-state index contributed by atoms with van der Waals surface area (Å²) in [5.74, 6) is 0.00439. The van der Waals surface area contributed by atoms with Crippen LogP contribution in [0.25, 0.3) is 0 Å². The normalized spacial score (nSPS) is 23.2. The van der Waals surface area contributed by atoms with Crippen molar-refractivity contribution in [3.8, 4) is 0 Å². The number of rotatable bonds is 7. The lowest BCUT2D eigenvalue weighted by atomic mass is 10.2. The van der Waals surface area contributed by atoms with Gasteiger partial charge in [-0.3, -0.25) is 4.79 Å². The molecule has 7 heteroatoms. The van der Waals surface area contributed by atoms with Gasteiger partial charge in [0.2, 0.25) is 5.91 Å². The molecule has 112 valence electrons. The van der Waals surface area contributed by atoms with E-state index in [-0.39, 0.29) is 49.2 Å². The first-order valence-corrected chi connectivity index (χ1v) is 8.56. The molecule has 1 fully saturated rings. The molecule has 0 bridgehead atoms. The van der Waals surface area contributed by atoms with Gasteiger partial charge in [0, 0.05) is 18.6 Å². The van der Waals surface area contributed by atoms with Gasteiger partial charge in [0.1, 0.15) is 0 Å². The number of hydrogen-bond acceptors (Lipinski definition) is 5. The molecule has 1 aliphatic heterocycles. The molecular weight excluding hydrogens is 268 g/mol. The molecule has 2 N–H and O–H groups in total. The van der Waals surface area contributed by atoms with Crippen LogP contribution in [0.15, 0.2) is 0 Å². The molecule has 0 aromatic rings. The van der Waals surface area contributed by atoms with Crippen LogP contribution in [0.1, 0.15) is 26.7 Å². The van der Waals surface area contributed by atoms with E-state index in [4.69, 9.17) is 5.11 Å². The standard InChI is InChI=1S/C12H24N2O4S/c1-3-10(2)13-8-12(16)14(5-6-15)11-4-7-19(17,18)9-11/h10-11,13,15H,3-9H2,1-2H3. The highest BCUT2D eigenvalue weighted by Crippen LogP contribution is 2.17. The first kappa shape index (κ1) is 16.4. The maximum atomic E-state index is 12.1. The van der Waals surface area contributed by atoms with Gasteiger partial charge in [-0.2, -0.15) is 0 Å². The average Bonchev–Trinajstić information content (AvgIpc) is 2.72. The van der Waals surface area contributed by atoms with Crippen molar-refractivity contribution >= 4 is 15.7 Å². The Bertz CT molecular complexity index is 397. The number of hydrogen-bond donors (Lipinski definition) is 2. The van der Waals surface area contributed by atoms with E-state index in [1.807, 2.05) is 13.8 Å². The van der Waals surface area contributed by atoms with Gasteiger partial charge >= 0.3 is 0 Å². The minimum absolute atomic E-state index is 0.0159. The number of nitrogens with zero attached hydrogens (tertiary/aromatic N) is 1. The number of nitrogens with one attached hydrogen (secondary N) is 1. The van der Waals surface area contributed by atoms with E-state index in [0.29, 0.717) is 6.42 Å². The first-order valence-electron chi connectivity index (χ1n) is 6.73. The lowest BCUT2D eigenvalue weighted by Crippen LogP contribution is -2.47. The Morgan fingerprint density at radius 2 is 2.21 bits per heavy atom. The van der Waals surface area contributed by atoms with E-state index >= 15 is 0 Å². The van der Waals surface area contributed by atoms with Gasteiger partial charge in [0.15, 0.2) is 9.84 Å². The molecule has 0 aromatic carbocycles. The monoisotopic (exact) mass is 292 g/mol. The molecular formula is C12H24N2O4S. The molecule has 1 rings (SSSR count). The summed E-state index contributed by atoms with van der Waals surface area (Å²) in [6.45, 7) is 4.25. The van der Waals surface area contributed by atoms with Crippen molar-refractivity contribution in [3.05, 3.63) is 0 Å². The Kier molecular flexibility index (Phi) is 6.22. The van der Waals surface area contributed by atoms with Gasteiger partial charge in [0.25, 0.3) is 0 Å². The zero-order valence-corrected chi connectivity index (χ0v) is 12.4. The van der Waals surface area contributed by atoms with Crippen molar-refractivity contribution in [1.82, 2.24) is 10.2 Å². The summed E-state index contributed by atoms with van der Waals surface area (Å²) in [6.07, 6.45) is 1.39. The second-order valence-corrected chi connectivity index (χ2v) is 7.29. The molecule has 0 aromatic heterocycles. The van der Waals surface area contributed by atoms with Crippen molar-refractivity contribution in [2.75, 3.05) is 31.2 Å². The van der Waals surface area contributed by atoms with Crippen LogP contribution >= 0.6 is 0 Å².